The molecule has 0 saturated carbocycles. The van der Waals surface area contributed by atoms with E-state index >= 15 is 0 Å². The highest BCUT2D eigenvalue weighted by Crippen LogP contribution is 2.21. The van der Waals surface area contributed by atoms with Crippen LogP contribution in [-0.4, -0.2) is 18.4 Å². The van der Waals surface area contributed by atoms with Crippen LogP contribution in [0.2, 0.25) is 0 Å². The minimum absolute atomic E-state index is 0.155. The van der Waals surface area contributed by atoms with Crippen LogP contribution in [0.25, 0.3) is 0 Å². The number of nitrogens with one attached hydrogen (secondary N) is 1. The number of carbonyl (C=O) groups is 2. The maximum atomic E-state index is 12.1. The lowest BCUT2D eigenvalue weighted by molar-refractivity contribution is -0.119. The predicted molar refractivity (Wildman–Crippen MR) is 94.7 cm³/mol. The highest BCUT2D eigenvalue weighted by atomic mass is 16.2. The maximum absolute atomic E-state index is 12.1. The topological polar surface area (TPSA) is 75.4 Å². The SMILES string of the molecule is Nc1cccc(C(=O)NCc2ccc(N3CCCCC3=O)cc2)c1. The molecule has 2 aromatic rings. The van der Waals surface area contributed by atoms with E-state index in [1.807, 2.05) is 29.2 Å². The van der Waals surface area contributed by atoms with E-state index < -0.39 is 0 Å². The zero-order valence-electron chi connectivity index (χ0n) is 13.5. The molecule has 0 aromatic heterocycles. The Morgan fingerprint density at radius 3 is 2.62 bits per heavy atom. The fourth-order valence-corrected chi connectivity index (χ4v) is 2.84. The third kappa shape index (κ3) is 3.74. The molecule has 0 spiro atoms. The first-order valence-electron chi connectivity index (χ1n) is 8.16. The van der Waals surface area contributed by atoms with Gasteiger partial charge >= 0.3 is 0 Å². The van der Waals surface area contributed by atoms with E-state index in [0.717, 1.165) is 30.6 Å². The Bertz CT molecular complexity index is 741. The van der Waals surface area contributed by atoms with E-state index in [1.165, 1.54) is 0 Å². The molecule has 3 rings (SSSR count). The van der Waals surface area contributed by atoms with Crippen molar-refractivity contribution in [2.45, 2.75) is 25.8 Å². The molecule has 0 bridgehead atoms. The Labute approximate surface area is 141 Å². The molecule has 1 saturated heterocycles. The summed E-state index contributed by atoms with van der Waals surface area (Å²) in [4.78, 5) is 25.9. The van der Waals surface area contributed by atoms with Crippen molar-refractivity contribution in [2.75, 3.05) is 17.2 Å². The Balaban J connectivity index is 1.60. The molecule has 2 aromatic carbocycles. The summed E-state index contributed by atoms with van der Waals surface area (Å²) < 4.78 is 0. The number of hydrogen-bond acceptors (Lipinski definition) is 3. The fraction of sp³-hybridized carbons (Fsp3) is 0.263. The maximum Gasteiger partial charge on any atom is 0.251 e. The molecule has 0 radical (unpaired) electrons. The zero-order chi connectivity index (χ0) is 16.9. The largest absolute Gasteiger partial charge is 0.399 e. The molecule has 1 heterocycles. The van der Waals surface area contributed by atoms with Gasteiger partial charge in [0, 0.05) is 36.4 Å². The molecule has 124 valence electrons. The Morgan fingerprint density at radius 2 is 1.92 bits per heavy atom. The van der Waals surface area contributed by atoms with E-state index in [-0.39, 0.29) is 11.8 Å². The van der Waals surface area contributed by atoms with E-state index in [0.29, 0.717) is 24.2 Å². The number of rotatable bonds is 4. The molecule has 5 heteroatoms. The Morgan fingerprint density at radius 1 is 1.12 bits per heavy atom. The van der Waals surface area contributed by atoms with Gasteiger partial charge in [0.2, 0.25) is 5.91 Å². The van der Waals surface area contributed by atoms with Crippen LogP contribution in [0.3, 0.4) is 0 Å². The summed E-state index contributed by atoms with van der Waals surface area (Å²) in [5.74, 6) is 0.0292. The number of piperidine rings is 1. The van der Waals surface area contributed by atoms with Gasteiger partial charge < -0.3 is 16.0 Å². The van der Waals surface area contributed by atoms with Crippen molar-refractivity contribution in [3.8, 4) is 0 Å². The molecule has 0 unspecified atom stereocenters. The van der Waals surface area contributed by atoms with Gasteiger partial charge in [-0.05, 0) is 48.7 Å². The molecule has 2 amide bonds. The molecular formula is C19H21N3O2. The summed E-state index contributed by atoms with van der Waals surface area (Å²) in [6.45, 7) is 1.21. The molecule has 0 aliphatic carbocycles. The van der Waals surface area contributed by atoms with Gasteiger partial charge in [-0.3, -0.25) is 9.59 Å². The lowest BCUT2D eigenvalue weighted by atomic mass is 10.1. The van der Waals surface area contributed by atoms with E-state index in [4.69, 9.17) is 5.73 Å². The van der Waals surface area contributed by atoms with Gasteiger partial charge in [-0.15, -0.1) is 0 Å². The smallest absolute Gasteiger partial charge is 0.251 e. The standard InChI is InChI=1S/C19H21N3O2/c20-16-5-3-4-15(12-16)19(24)21-13-14-7-9-17(10-8-14)22-11-2-1-6-18(22)23/h3-5,7-10,12H,1-2,6,11,13,20H2,(H,21,24). The molecule has 1 aliphatic heterocycles. The second kappa shape index (κ2) is 7.17. The van der Waals surface area contributed by atoms with Gasteiger partial charge in [0.15, 0.2) is 0 Å². The summed E-state index contributed by atoms with van der Waals surface area (Å²) in [6, 6.07) is 14.6. The first kappa shape index (κ1) is 16.1. The predicted octanol–water partition coefficient (Wildman–Crippen LogP) is 2.72. The summed E-state index contributed by atoms with van der Waals surface area (Å²) in [5.41, 5.74) is 8.71. The van der Waals surface area contributed by atoms with Gasteiger partial charge in [-0.25, -0.2) is 0 Å². The molecule has 3 N–H and O–H groups in total. The monoisotopic (exact) mass is 323 g/mol. The highest BCUT2D eigenvalue weighted by Gasteiger charge is 2.19. The molecule has 5 nitrogen and oxygen atoms in total. The molecule has 0 atom stereocenters. The van der Waals surface area contributed by atoms with Crippen molar-refractivity contribution in [3.63, 3.8) is 0 Å². The van der Waals surface area contributed by atoms with Crippen LogP contribution in [-0.2, 0) is 11.3 Å². The Kier molecular flexibility index (Phi) is 4.79. The average Bonchev–Trinajstić information content (AvgIpc) is 2.61. The number of amides is 2. The van der Waals surface area contributed by atoms with Crippen LogP contribution in [0.5, 0.6) is 0 Å². The van der Waals surface area contributed by atoms with Crippen molar-refractivity contribution in [2.24, 2.45) is 0 Å². The number of benzene rings is 2. The van der Waals surface area contributed by atoms with Gasteiger partial charge in [-0.1, -0.05) is 18.2 Å². The van der Waals surface area contributed by atoms with Crippen molar-refractivity contribution in [1.82, 2.24) is 5.32 Å². The first-order chi connectivity index (χ1) is 11.6. The average molecular weight is 323 g/mol. The number of nitrogen functional groups attached to an aromatic ring is 1. The van der Waals surface area contributed by atoms with Crippen LogP contribution >= 0.6 is 0 Å². The third-order valence-corrected chi connectivity index (χ3v) is 4.17. The highest BCUT2D eigenvalue weighted by molar-refractivity contribution is 5.95. The van der Waals surface area contributed by atoms with E-state index in [1.54, 1.807) is 24.3 Å². The summed E-state index contributed by atoms with van der Waals surface area (Å²) in [5, 5.41) is 2.88. The number of carbonyl (C=O) groups excluding carboxylic acids is 2. The first-order valence-corrected chi connectivity index (χ1v) is 8.16. The van der Waals surface area contributed by atoms with Crippen molar-refractivity contribution in [1.29, 1.82) is 0 Å². The molecule has 1 aliphatic rings. The van der Waals surface area contributed by atoms with Crippen molar-refractivity contribution >= 4 is 23.2 Å². The molecule has 1 fully saturated rings. The fourth-order valence-electron chi connectivity index (χ4n) is 2.84. The second-order valence-electron chi connectivity index (χ2n) is 5.98. The van der Waals surface area contributed by atoms with Crippen molar-refractivity contribution in [3.05, 3.63) is 59.7 Å². The second-order valence-corrected chi connectivity index (χ2v) is 5.98. The van der Waals surface area contributed by atoms with Crippen LogP contribution in [0.15, 0.2) is 48.5 Å². The van der Waals surface area contributed by atoms with Crippen LogP contribution < -0.4 is 16.0 Å². The van der Waals surface area contributed by atoms with Crippen molar-refractivity contribution < 1.29 is 9.59 Å². The third-order valence-electron chi connectivity index (χ3n) is 4.17. The lowest BCUT2D eigenvalue weighted by Crippen LogP contribution is -2.35. The van der Waals surface area contributed by atoms with Crippen LogP contribution in [0, 0.1) is 0 Å². The van der Waals surface area contributed by atoms with E-state index in [9.17, 15) is 9.59 Å². The lowest BCUT2D eigenvalue weighted by Gasteiger charge is -2.26. The van der Waals surface area contributed by atoms with Crippen LogP contribution in [0.1, 0.15) is 35.2 Å². The van der Waals surface area contributed by atoms with Gasteiger partial charge in [0.1, 0.15) is 0 Å². The van der Waals surface area contributed by atoms with E-state index in [2.05, 4.69) is 5.32 Å². The molecular weight excluding hydrogens is 302 g/mol. The van der Waals surface area contributed by atoms with Gasteiger partial charge in [0.25, 0.3) is 5.91 Å². The van der Waals surface area contributed by atoms with Gasteiger partial charge in [0.05, 0.1) is 0 Å². The number of nitrogens with two attached hydrogens (primary N) is 1. The Hall–Kier alpha value is -2.82. The zero-order valence-corrected chi connectivity index (χ0v) is 13.5. The molecule has 24 heavy (non-hydrogen) atoms. The summed E-state index contributed by atoms with van der Waals surface area (Å²) >= 11 is 0. The number of anilines is 2. The minimum atomic E-state index is -0.155. The number of hydrogen-bond donors (Lipinski definition) is 2. The minimum Gasteiger partial charge on any atom is -0.399 e. The van der Waals surface area contributed by atoms with Crippen LogP contribution in [0.4, 0.5) is 11.4 Å². The summed E-state index contributed by atoms with van der Waals surface area (Å²) in [7, 11) is 0. The quantitative estimate of drug-likeness (QED) is 0.850. The number of nitrogens with zero attached hydrogens (tertiary/aromatic N) is 1. The van der Waals surface area contributed by atoms with Gasteiger partial charge in [-0.2, -0.15) is 0 Å². The normalized spacial score (nSPS) is 14.5. The summed E-state index contributed by atoms with van der Waals surface area (Å²) in [6.07, 6.45) is 2.64.